The van der Waals surface area contributed by atoms with E-state index >= 15 is 0 Å². The van der Waals surface area contributed by atoms with Gasteiger partial charge in [-0.2, -0.15) is 0 Å². The molecule has 1 heterocycles. The van der Waals surface area contributed by atoms with Crippen molar-refractivity contribution in [3.05, 3.63) is 88.7 Å². The average molecular weight is 319 g/mol. The lowest BCUT2D eigenvalue weighted by Gasteiger charge is -2.34. The van der Waals surface area contributed by atoms with Crippen molar-refractivity contribution in [3.8, 4) is 0 Å². The quantitative estimate of drug-likeness (QED) is 0.639. The lowest BCUT2D eigenvalue weighted by atomic mass is 9.96. The highest BCUT2D eigenvalue weighted by atomic mass is 16.3. The van der Waals surface area contributed by atoms with Crippen LogP contribution in [0.15, 0.2) is 72.0 Å². The van der Waals surface area contributed by atoms with Crippen molar-refractivity contribution in [2.45, 2.75) is 26.8 Å². The fraction of sp³-hybridized carbons (Fsp3) is 0.190. The summed E-state index contributed by atoms with van der Waals surface area (Å²) in [5, 5.41) is 9.83. The fourth-order valence-electron chi connectivity index (χ4n) is 2.88. The number of amides is 1. The summed E-state index contributed by atoms with van der Waals surface area (Å²) in [6, 6.07) is 15.8. The predicted octanol–water partition coefficient (Wildman–Crippen LogP) is 4.78. The van der Waals surface area contributed by atoms with E-state index < -0.39 is 0 Å². The topological polar surface area (TPSA) is 40.5 Å². The molecule has 0 aliphatic carbocycles. The molecule has 3 nitrogen and oxygen atoms in total. The smallest absolute Gasteiger partial charge is 0.262 e. The monoisotopic (exact) mass is 319 g/mol. The van der Waals surface area contributed by atoms with Gasteiger partial charge >= 0.3 is 0 Å². The second-order valence-corrected chi connectivity index (χ2v) is 6.22. The lowest BCUT2D eigenvalue weighted by Crippen LogP contribution is -2.37. The second kappa shape index (κ2) is 6.36. The number of benzene rings is 2. The van der Waals surface area contributed by atoms with Crippen LogP contribution in [-0.2, 0) is 4.79 Å². The van der Waals surface area contributed by atoms with Gasteiger partial charge in [0.15, 0.2) is 0 Å². The van der Waals surface area contributed by atoms with Crippen molar-refractivity contribution in [3.63, 3.8) is 0 Å². The van der Waals surface area contributed by atoms with E-state index in [0.29, 0.717) is 5.57 Å². The van der Waals surface area contributed by atoms with Crippen LogP contribution < -0.4 is 4.90 Å². The Balaban J connectivity index is 2.12. The zero-order chi connectivity index (χ0) is 17.3. The minimum Gasteiger partial charge on any atom is -0.512 e. The summed E-state index contributed by atoms with van der Waals surface area (Å²) in [6.45, 7) is 5.60. The summed E-state index contributed by atoms with van der Waals surface area (Å²) in [5.41, 5.74) is 4.51. The number of hydrogen-bond acceptors (Lipinski definition) is 2. The molecule has 3 rings (SSSR count). The largest absolute Gasteiger partial charge is 0.512 e. The van der Waals surface area contributed by atoms with E-state index in [4.69, 9.17) is 0 Å². The van der Waals surface area contributed by atoms with Gasteiger partial charge in [0, 0.05) is 5.69 Å². The summed E-state index contributed by atoms with van der Waals surface area (Å²) >= 11 is 0. The number of allylic oxidation sites excluding steroid dienone is 1. The molecule has 1 atom stereocenters. The Labute approximate surface area is 142 Å². The number of carbonyl (C=O) groups is 1. The Bertz CT molecular complexity index is 810. The van der Waals surface area contributed by atoms with Crippen molar-refractivity contribution < 1.29 is 9.90 Å². The molecule has 0 spiro atoms. The standard InChI is InChI=1S/C21H21NO2/c1-14-4-8-17(9-5-14)20-13-12-19(16(3)23)21(24)22(20)18-10-6-15(2)7-11-18/h4-13,20,23H,1-3H3/b19-16+. The maximum absolute atomic E-state index is 13.0. The highest BCUT2D eigenvalue weighted by Gasteiger charge is 2.31. The molecule has 0 saturated carbocycles. The molecule has 0 aromatic heterocycles. The molecule has 1 aliphatic rings. The average Bonchev–Trinajstić information content (AvgIpc) is 2.56. The molecule has 2 aromatic rings. The van der Waals surface area contributed by atoms with Gasteiger partial charge in [0.25, 0.3) is 5.91 Å². The van der Waals surface area contributed by atoms with Gasteiger partial charge in [-0.3, -0.25) is 9.69 Å². The van der Waals surface area contributed by atoms with Crippen LogP contribution in [0.25, 0.3) is 0 Å². The summed E-state index contributed by atoms with van der Waals surface area (Å²) in [7, 11) is 0. The first-order valence-corrected chi connectivity index (χ1v) is 8.02. The third-order valence-electron chi connectivity index (χ3n) is 4.29. The van der Waals surface area contributed by atoms with Gasteiger partial charge in [0.05, 0.1) is 11.6 Å². The van der Waals surface area contributed by atoms with E-state index in [9.17, 15) is 9.90 Å². The molecule has 3 heteroatoms. The van der Waals surface area contributed by atoms with Crippen LogP contribution in [0.2, 0.25) is 0 Å². The van der Waals surface area contributed by atoms with Gasteiger partial charge in [-0.15, -0.1) is 0 Å². The lowest BCUT2D eigenvalue weighted by molar-refractivity contribution is -0.115. The first-order chi connectivity index (χ1) is 11.5. The highest BCUT2D eigenvalue weighted by Crippen LogP contribution is 2.34. The minimum absolute atomic E-state index is 0.0377. The van der Waals surface area contributed by atoms with Gasteiger partial charge in [0.2, 0.25) is 0 Å². The van der Waals surface area contributed by atoms with Crippen LogP contribution in [-0.4, -0.2) is 11.0 Å². The molecule has 1 unspecified atom stereocenters. The van der Waals surface area contributed by atoms with E-state index in [1.165, 1.54) is 12.5 Å². The number of carbonyl (C=O) groups excluding carboxylic acids is 1. The normalized spacial score (nSPS) is 19.5. The first kappa shape index (κ1) is 16.1. The minimum atomic E-state index is -0.191. The van der Waals surface area contributed by atoms with Crippen molar-refractivity contribution in [1.82, 2.24) is 0 Å². The van der Waals surface area contributed by atoms with Crippen molar-refractivity contribution >= 4 is 11.6 Å². The number of aryl methyl sites for hydroxylation is 2. The summed E-state index contributed by atoms with van der Waals surface area (Å²) in [5.74, 6) is -0.150. The SMILES string of the molecule is C/C(O)=C1/C=CC(c2ccc(C)cc2)N(c2ccc(C)cc2)C1=O. The number of rotatable bonds is 2. The maximum Gasteiger partial charge on any atom is 0.262 e. The molecule has 0 saturated heterocycles. The molecule has 122 valence electrons. The zero-order valence-corrected chi connectivity index (χ0v) is 14.2. The van der Waals surface area contributed by atoms with Crippen LogP contribution in [0.5, 0.6) is 0 Å². The Hall–Kier alpha value is -2.81. The number of aliphatic hydroxyl groups excluding tert-OH is 1. The van der Waals surface area contributed by atoms with Gasteiger partial charge in [-0.1, -0.05) is 53.6 Å². The van der Waals surface area contributed by atoms with Crippen LogP contribution in [0.3, 0.4) is 0 Å². The zero-order valence-electron chi connectivity index (χ0n) is 14.2. The predicted molar refractivity (Wildman–Crippen MR) is 97.1 cm³/mol. The molecular weight excluding hydrogens is 298 g/mol. The maximum atomic E-state index is 13.0. The summed E-state index contributed by atoms with van der Waals surface area (Å²) < 4.78 is 0. The van der Waals surface area contributed by atoms with E-state index in [1.807, 2.05) is 68.5 Å². The van der Waals surface area contributed by atoms with E-state index in [0.717, 1.165) is 16.8 Å². The van der Waals surface area contributed by atoms with Gasteiger partial charge in [0.1, 0.15) is 5.76 Å². The molecule has 0 fully saturated rings. The Morgan fingerprint density at radius 1 is 0.958 bits per heavy atom. The summed E-state index contributed by atoms with van der Waals surface area (Å²) in [6.07, 6.45) is 3.67. The summed E-state index contributed by atoms with van der Waals surface area (Å²) in [4.78, 5) is 14.7. The Morgan fingerprint density at radius 3 is 2.04 bits per heavy atom. The van der Waals surface area contributed by atoms with Crippen LogP contribution in [0, 0.1) is 13.8 Å². The molecule has 24 heavy (non-hydrogen) atoms. The van der Waals surface area contributed by atoms with Crippen LogP contribution >= 0.6 is 0 Å². The Kier molecular flexibility index (Phi) is 4.26. The van der Waals surface area contributed by atoms with E-state index in [1.54, 1.807) is 11.0 Å². The van der Waals surface area contributed by atoms with Gasteiger partial charge < -0.3 is 5.11 Å². The number of anilines is 1. The highest BCUT2D eigenvalue weighted by molar-refractivity contribution is 6.09. The van der Waals surface area contributed by atoms with E-state index in [-0.39, 0.29) is 17.7 Å². The van der Waals surface area contributed by atoms with Crippen LogP contribution in [0.4, 0.5) is 5.69 Å². The molecule has 1 amide bonds. The molecule has 0 bridgehead atoms. The molecular formula is C21H21NO2. The first-order valence-electron chi connectivity index (χ1n) is 8.02. The molecule has 1 N–H and O–H groups in total. The third-order valence-corrected chi connectivity index (χ3v) is 4.29. The molecule has 2 aromatic carbocycles. The van der Waals surface area contributed by atoms with Crippen molar-refractivity contribution in [1.29, 1.82) is 0 Å². The van der Waals surface area contributed by atoms with Crippen LogP contribution in [0.1, 0.15) is 29.7 Å². The van der Waals surface area contributed by atoms with E-state index in [2.05, 4.69) is 0 Å². The van der Waals surface area contributed by atoms with Gasteiger partial charge in [-0.05, 0) is 44.5 Å². The molecule has 0 radical (unpaired) electrons. The molecule has 1 aliphatic heterocycles. The van der Waals surface area contributed by atoms with Crippen molar-refractivity contribution in [2.24, 2.45) is 0 Å². The van der Waals surface area contributed by atoms with Gasteiger partial charge in [-0.25, -0.2) is 0 Å². The number of nitrogens with zero attached hydrogens (tertiary/aromatic N) is 1. The van der Waals surface area contributed by atoms with Crippen molar-refractivity contribution in [2.75, 3.05) is 4.90 Å². The number of aliphatic hydroxyl groups is 1. The Morgan fingerprint density at radius 2 is 1.50 bits per heavy atom. The number of hydrogen-bond donors (Lipinski definition) is 1. The fourth-order valence-corrected chi connectivity index (χ4v) is 2.88. The second-order valence-electron chi connectivity index (χ2n) is 6.22. The third kappa shape index (κ3) is 2.98.